The number of benzene rings is 3. The van der Waals surface area contributed by atoms with Crippen LogP contribution in [0.5, 0.6) is 5.88 Å². The number of anilines is 1. The van der Waals surface area contributed by atoms with E-state index in [0.717, 1.165) is 11.6 Å². The van der Waals surface area contributed by atoms with E-state index < -0.39 is 22.9 Å². The first-order valence-electron chi connectivity index (χ1n) is 9.78. The molecule has 32 heavy (non-hydrogen) atoms. The number of aromatic hydroxyl groups is 1. The van der Waals surface area contributed by atoms with Crippen LogP contribution in [0.4, 0.5) is 10.1 Å². The molecule has 0 radical (unpaired) electrons. The molecule has 0 amide bonds. The maximum absolute atomic E-state index is 14.4. The van der Waals surface area contributed by atoms with Crippen molar-refractivity contribution in [2.45, 2.75) is 6.54 Å². The van der Waals surface area contributed by atoms with Crippen molar-refractivity contribution in [3.63, 3.8) is 0 Å². The smallest absolute Gasteiger partial charge is 0.335 e. The van der Waals surface area contributed by atoms with Gasteiger partial charge in [0.25, 0.3) is 5.56 Å². The maximum Gasteiger partial charge on any atom is 0.335 e. The monoisotopic (exact) mass is 430 g/mol. The summed E-state index contributed by atoms with van der Waals surface area (Å²) in [4.78, 5) is 31.8. The molecule has 4 aromatic rings. The summed E-state index contributed by atoms with van der Waals surface area (Å²) >= 11 is 0. The minimum absolute atomic E-state index is 0.0314. The van der Waals surface area contributed by atoms with Crippen molar-refractivity contribution in [1.29, 1.82) is 0 Å². The fraction of sp³-hybridized carbons (Fsp3) is 0.0417. The molecule has 3 aromatic carbocycles. The molecule has 3 N–H and O–H groups in total. The molecular formula is C24H19FN4O3. The molecule has 0 saturated heterocycles. The van der Waals surface area contributed by atoms with Crippen LogP contribution < -0.4 is 16.6 Å². The number of aromatic nitrogens is 2. The first kappa shape index (κ1) is 20.8. The van der Waals surface area contributed by atoms with Crippen LogP contribution in [-0.2, 0) is 6.54 Å². The molecule has 0 aliphatic rings. The maximum atomic E-state index is 14.4. The fourth-order valence-electron chi connectivity index (χ4n) is 3.19. The molecule has 0 bridgehead atoms. The topological polar surface area (TPSA) is 99.5 Å². The number of hydrogen-bond donors (Lipinski definition) is 3. The van der Waals surface area contributed by atoms with E-state index in [1.807, 2.05) is 36.4 Å². The Hall–Kier alpha value is -4.46. The van der Waals surface area contributed by atoms with Gasteiger partial charge in [0.15, 0.2) is 0 Å². The van der Waals surface area contributed by atoms with Gasteiger partial charge in [-0.25, -0.2) is 13.8 Å². The van der Waals surface area contributed by atoms with Gasteiger partial charge in [-0.2, -0.15) is 0 Å². The van der Waals surface area contributed by atoms with Gasteiger partial charge >= 0.3 is 5.69 Å². The summed E-state index contributed by atoms with van der Waals surface area (Å²) in [6.45, 7) is 0.202. The second-order valence-electron chi connectivity index (χ2n) is 6.89. The average Bonchev–Trinajstić information content (AvgIpc) is 2.79. The van der Waals surface area contributed by atoms with Crippen LogP contribution in [0.3, 0.4) is 0 Å². The molecule has 7 nitrogen and oxygen atoms in total. The predicted molar refractivity (Wildman–Crippen MR) is 121 cm³/mol. The van der Waals surface area contributed by atoms with Crippen LogP contribution >= 0.6 is 0 Å². The molecule has 4 rings (SSSR count). The first-order valence-corrected chi connectivity index (χ1v) is 9.78. The molecule has 0 spiro atoms. The lowest BCUT2D eigenvalue weighted by molar-refractivity contribution is 0.426. The van der Waals surface area contributed by atoms with Crippen LogP contribution in [0, 0.1) is 5.82 Å². The number of amidine groups is 1. The molecule has 0 aliphatic heterocycles. The zero-order valence-corrected chi connectivity index (χ0v) is 16.8. The van der Waals surface area contributed by atoms with Crippen molar-refractivity contribution < 1.29 is 9.50 Å². The van der Waals surface area contributed by atoms with E-state index in [4.69, 9.17) is 0 Å². The number of rotatable bonds is 5. The molecule has 0 unspecified atom stereocenters. The van der Waals surface area contributed by atoms with Gasteiger partial charge in [-0.3, -0.25) is 14.8 Å². The molecule has 0 saturated carbocycles. The number of nitrogens with zero attached hydrogens (tertiary/aromatic N) is 2. The van der Waals surface area contributed by atoms with Crippen LogP contribution in [0.2, 0.25) is 0 Å². The standard InChI is InChI=1S/C24H19FN4O3/c25-18-13-7-8-14-19(18)29-23(31)20(22(30)28-24(29)32)21(27-17-11-5-2-6-12-17)26-15-16-9-3-1-4-10-16/h1-14,31H,15H2,(H,26,27)(H,28,30,32). The predicted octanol–water partition coefficient (Wildman–Crippen LogP) is 3.43. The lowest BCUT2D eigenvalue weighted by atomic mass is 10.2. The number of H-pyrrole nitrogens is 1. The zero-order valence-electron chi connectivity index (χ0n) is 16.8. The van der Waals surface area contributed by atoms with Crippen molar-refractivity contribution in [2.75, 3.05) is 5.32 Å². The van der Waals surface area contributed by atoms with E-state index in [9.17, 15) is 19.1 Å². The normalized spacial score (nSPS) is 11.3. The summed E-state index contributed by atoms with van der Waals surface area (Å²) in [5.41, 5.74) is -0.819. The highest BCUT2D eigenvalue weighted by atomic mass is 19.1. The number of nitrogens with one attached hydrogen (secondary N) is 2. The van der Waals surface area contributed by atoms with E-state index in [0.29, 0.717) is 10.3 Å². The van der Waals surface area contributed by atoms with Gasteiger partial charge in [-0.05, 0) is 29.8 Å². The third-order valence-corrected chi connectivity index (χ3v) is 4.72. The lowest BCUT2D eigenvalue weighted by Gasteiger charge is -2.15. The highest BCUT2D eigenvalue weighted by molar-refractivity contribution is 6.09. The van der Waals surface area contributed by atoms with Crippen molar-refractivity contribution in [1.82, 2.24) is 9.55 Å². The second kappa shape index (κ2) is 9.13. The Morgan fingerprint density at radius 1 is 0.938 bits per heavy atom. The quantitative estimate of drug-likeness (QED) is 0.334. The average molecular weight is 430 g/mol. The summed E-state index contributed by atoms with van der Waals surface area (Å²) in [5, 5.41) is 14.0. The Kier molecular flexibility index (Phi) is 5.94. The molecule has 8 heteroatoms. The SMILES string of the molecule is O=c1[nH]c(=O)n(-c2ccccc2F)c(O)c1C(=NCc1ccccc1)Nc1ccccc1. The molecule has 160 valence electrons. The Bertz CT molecular complexity index is 1380. The fourth-order valence-corrected chi connectivity index (χ4v) is 3.19. The Morgan fingerprint density at radius 2 is 1.56 bits per heavy atom. The van der Waals surface area contributed by atoms with E-state index >= 15 is 0 Å². The molecule has 1 heterocycles. The summed E-state index contributed by atoms with van der Waals surface area (Å²) in [7, 11) is 0. The molecule has 0 aliphatic carbocycles. The third-order valence-electron chi connectivity index (χ3n) is 4.72. The number of hydrogen-bond acceptors (Lipinski definition) is 4. The number of para-hydroxylation sites is 2. The van der Waals surface area contributed by atoms with Gasteiger partial charge in [0, 0.05) is 5.69 Å². The van der Waals surface area contributed by atoms with Crippen LogP contribution in [0.15, 0.2) is 99.5 Å². The van der Waals surface area contributed by atoms with Crippen molar-refractivity contribution in [3.8, 4) is 11.6 Å². The Balaban J connectivity index is 1.88. The number of aromatic amines is 1. The van der Waals surface area contributed by atoms with Crippen molar-refractivity contribution in [3.05, 3.63) is 123 Å². The largest absolute Gasteiger partial charge is 0.493 e. The number of aliphatic imine (C=N–C) groups is 1. The third kappa shape index (κ3) is 4.34. The van der Waals surface area contributed by atoms with Crippen molar-refractivity contribution in [2.24, 2.45) is 4.99 Å². The van der Waals surface area contributed by atoms with Gasteiger partial charge in [-0.1, -0.05) is 60.7 Å². The van der Waals surface area contributed by atoms with Gasteiger partial charge in [0.2, 0.25) is 5.88 Å². The molecular weight excluding hydrogens is 411 g/mol. The van der Waals surface area contributed by atoms with Crippen LogP contribution in [0.25, 0.3) is 5.69 Å². The van der Waals surface area contributed by atoms with Gasteiger partial charge in [0.05, 0.1) is 12.2 Å². The van der Waals surface area contributed by atoms with E-state index in [1.54, 1.807) is 24.3 Å². The van der Waals surface area contributed by atoms with E-state index in [1.165, 1.54) is 18.2 Å². The van der Waals surface area contributed by atoms with Crippen LogP contribution in [0.1, 0.15) is 11.1 Å². The highest BCUT2D eigenvalue weighted by Crippen LogP contribution is 2.20. The van der Waals surface area contributed by atoms with Gasteiger partial charge < -0.3 is 10.4 Å². The molecule has 0 atom stereocenters. The molecule has 0 fully saturated rings. The number of halogens is 1. The zero-order chi connectivity index (χ0) is 22.5. The summed E-state index contributed by atoms with van der Waals surface area (Å²) in [6, 6.07) is 23.7. The van der Waals surface area contributed by atoms with Gasteiger partial charge in [-0.15, -0.1) is 0 Å². The minimum atomic E-state index is -0.969. The van der Waals surface area contributed by atoms with Crippen molar-refractivity contribution >= 4 is 11.5 Å². The summed E-state index contributed by atoms with van der Waals surface area (Å²) in [6.07, 6.45) is 0. The summed E-state index contributed by atoms with van der Waals surface area (Å²) in [5.74, 6) is -1.43. The highest BCUT2D eigenvalue weighted by Gasteiger charge is 2.22. The van der Waals surface area contributed by atoms with E-state index in [-0.39, 0.29) is 23.6 Å². The van der Waals surface area contributed by atoms with E-state index in [2.05, 4.69) is 15.3 Å². The minimum Gasteiger partial charge on any atom is -0.493 e. The van der Waals surface area contributed by atoms with Crippen LogP contribution in [-0.4, -0.2) is 20.5 Å². The summed E-state index contributed by atoms with van der Waals surface area (Å²) < 4.78 is 15.1. The Morgan fingerprint density at radius 3 is 2.25 bits per heavy atom. The van der Waals surface area contributed by atoms with Gasteiger partial charge in [0.1, 0.15) is 17.2 Å². The second-order valence-corrected chi connectivity index (χ2v) is 6.89. The molecule has 1 aromatic heterocycles. The Labute approximate surface area is 182 Å². The lowest BCUT2D eigenvalue weighted by Crippen LogP contribution is -2.35. The first-order chi connectivity index (χ1) is 15.5.